The molecule has 1 aromatic rings. The molecule has 16 heavy (non-hydrogen) atoms. The highest BCUT2D eigenvalue weighted by molar-refractivity contribution is 7.90. The van der Waals surface area contributed by atoms with Gasteiger partial charge in [-0.2, -0.15) is 0 Å². The summed E-state index contributed by atoms with van der Waals surface area (Å²) in [4.78, 5) is 10.8. The third-order valence-corrected chi connectivity index (χ3v) is 3.31. The topological polar surface area (TPSA) is 101 Å². The molecule has 0 saturated heterocycles. The average molecular weight is 243 g/mol. The molecule has 0 aliphatic rings. The molecule has 1 rings (SSSR count). The van der Waals surface area contributed by atoms with Crippen molar-refractivity contribution in [2.24, 2.45) is 0 Å². The van der Waals surface area contributed by atoms with Crippen molar-refractivity contribution in [1.29, 1.82) is 0 Å². The van der Waals surface area contributed by atoms with Gasteiger partial charge in [-0.25, -0.2) is 17.9 Å². The van der Waals surface area contributed by atoms with Crippen molar-refractivity contribution in [1.82, 2.24) is 10.0 Å². The normalized spacial score (nSPS) is 10.9. The van der Waals surface area contributed by atoms with E-state index in [0.717, 1.165) is 5.56 Å². The van der Waals surface area contributed by atoms with Crippen LogP contribution in [0.1, 0.15) is 5.56 Å². The van der Waals surface area contributed by atoms with Crippen LogP contribution < -0.4 is 15.8 Å². The quantitative estimate of drug-likeness (QED) is 0.645. The predicted molar refractivity (Wildman–Crippen MR) is 60.4 cm³/mol. The van der Waals surface area contributed by atoms with Gasteiger partial charge in [0.2, 0.25) is 0 Å². The van der Waals surface area contributed by atoms with E-state index in [4.69, 9.17) is 5.73 Å². The Bertz CT molecular complexity index is 511. The molecule has 0 unspecified atom stereocenters. The van der Waals surface area contributed by atoms with Crippen LogP contribution in [-0.2, 0) is 10.0 Å². The molecule has 1 aromatic carbocycles. The molecular formula is C9H13N3O3S. The molecule has 0 radical (unpaired) electrons. The Hall–Kier alpha value is -1.76. The number of nitrogens with two attached hydrogens (primary N) is 1. The molecule has 0 bridgehead atoms. The zero-order valence-corrected chi connectivity index (χ0v) is 9.76. The number of amides is 2. The molecule has 4 N–H and O–H groups in total. The zero-order chi connectivity index (χ0) is 12.3. The molecule has 0 aromatic heterocycles. The second kappa shape index (κ2) is 4.40. The third-order valence-electron chi connectivity index (χ3n) is 1.91. The van der Waals surface area contributed by atoms with Crippen LogP contribution in [0.15, 0.2) is 23.1 Å². The van der Waals surface area contributed by atoms with E-state index in [9.17, 15) is 13.2 Å². The maximum Gasteiger partial charge on any atom is 0.328 e. The Kier molecular flexibility index (Phi) is 3.38. The average Bonchev–Trinajstić information content (AvgIpc) is 2.16. The fourth-order valence-electron chi connectivity index (χ4n) is 1.14. The Morgan fingerprint density at radius 1 is 1.38 bits per heavy atom. The van der Waals surface area contributed by atoms with Gasteiger partial charge in [0.25, 0.3) is 10.0 Å². The largest absolute Gasteiger partial charge is 0.398 e. The highest BCUT2D eigenvalue weighted by Crippen LogP contribution is 2.18. The molecule has 88 valence electrons. The van der Waals surface area contributed by atoms with Gasteiger partial charge in [-0.3, -0.25) is 0 Å². The van der Waals surface area contributed by atoms with Gasteiger partial charge in [0, 0.05) is 7.05 Å². The highest BCUT2D eigenvalue weighted by atomic mass is 32.2. The minimum atomic E-state index is -3.91. The van der Waals surface area contributed by atoms with E-state index in [1.807, 2.05) is 4.72 Å². The lowest BCUT2D eigenvalue weighted by molar-refractivity contribution is 0.248. The van der Waals surface area contributed by atoms with Crippen LogP contribution in [0.2, 0.25) is 0 Å². The summed E-state index contributed by atoms with van der Waals surface area (Å²) in [5, 5.41) is 2.15. The van der Waals surface area contributed by atoms with E-state index < -0.39 is 16.1 Å². The summed E-state index contributed by atoms with van der Waals surface area (Å²) in [6.45, 7) is 1.79. The number of hydrogen-bond acceptors (Lipinski definition) is 4. The van der Waals surface area contributed by atoms with Gasteiger partial charge >= 0.3 is 6.03 Å². The summed E-state index contributed by atoms with van der Waals surface area (Å²) in [6, 6.07) is 3.68. The van der Waals surface area contributed by atoms with Crippen LogP contribution in [0, 0.1) is 6.92 Å². The van der Waals surface area contributed by atoms with Gasteiger partial charge < -0.3 is 11.1 Å². The molecule has 2 amide bonds. The number of rotatable bonds is 2. The molecule has 7 heteroatoms. The maximum absolute atomic E-state index is 11.7. The minimum absolute atomic E-state index is 0.108. The Morgan fingerprint density at radius 2 is 2.00 bits per heavy atom. The summed E-state index contributed by atoms with van der Waals surface area (Å²) in [7, 11) is -2.58. The lowest BCUT2D eigenvalue weighted by atomic mass is 10.2. The first-order chi connectivity index (χ1) is 7.36. The molecule has 0 spiro atoms. The monoisotopic (exact) mass is 243 g/mol. The summed E-state index contributed by atoms with van der Waals surface area (Å²) in [6.07, 6.45) is 0. The van der Waals surface area contributed by atoms with Crippen LogP contribution in [0.25, 0.3) is 0 Å². The third kappa shape index (κ3) is 2.63. The number of aryl methyl sites for hydroxylation is 1. The fraction of sp³-hybridized carbons (Fsp3) is 0.222. The van der Waals surface area contributed by atoms with E-state index in [2.05, 4.69) is 5.32 Å². The van der Waals surface area contributed by atoms with Crippen LogP contribution in [0.5, 0.6) is 0 Å². The SMILES string of the molecule is CNC(=O)NS(=O)(=O)c1ccc(C)cc1N. The van der Waals surface area contributed by atoms with E-state index in [-0.39, 0.29) is 10.6 Å². The van der Waals surface area contributed by atoms with Gasteiger partial charge in [0.1, 0.15) is 4.90 Å². The Balaban J connectivity index is 3.13. The number of anilines is 1. The lowest BCUT2D eigenvalue weighted by Crippen LogP contribution is -2.37. The number of carbonyl (C=O) groups is 1. The van der Waals surface area contributed by atoms with Crippen molar-refractivity contribution in [3.63, 3.8) is 0 Å². The van der Waals surface area contributed by atoms with Gasteiger partial charge in [-0.1, -0.05) is 6.07 Å². The van der Waals surface area contributed by atoms with Crippen molar-refractivity contribution >= 4 is 21.7 Å². The molecule has 6 nitrogen and oxygen atoms in total. The number of hydrogen-bond donors (Lipinski definition) is 3. The second-order valence-corrected chi connectivity index (χ2v) is 4.88. The first kappa shape index (κ1) is 12.3. The second-order valence-electron chi connectivity index (χ2n) is 3.23. The van der Waals surface area contributed by atoms with Crippen molar-refractivity contribution in [3.8, 4) is 0 Å². The molecule has 0 heterocycles. The smallest absolute Gasteiger partial charge is 0.328 e. The zero-order valence-electron chi connectivity index (χ0n) is 8.94. The summed E-state index contributed by atoms with van der Waals surface area (Å²) >= 11 is 0. The van der Waals surface area contributed by atoms with Crippen molar-refractivity contribution in [2.45, 2.75) is 11.8 Å². The molecule has 0 aliphatic carbocycles. The van der Waals surface area contributed by atoms with E-state index >= 15 is 0 Å². The maximum atomic E-state index is 11.7. The van der Waals surface area contributed by atoms with Crippen molar-refractivity contribution in [2.75, 3.05) is 12.8 Å². The van der Waals surface area contributed by atoms with Gasteiger partial charge in [-0.05, 0) is 24.6 Å². The van der Waals surface area contributed by atoms with Crippen molar-refractivity contribution < 1.29 is 13.2 Å². The Morgan fingerprint density at radius 3 is 2.50 bits per heavy atom. The number of nitrogens with one attached hydrogen (secondary N) is 2. The minimum Gasteiger partial charge on any atom is -0.398 e. The number of urea groups is 1. The molecular weight excluding hydrogens is 230 g/mol. The highest BCUT2D eigenvalue weighted by Gasteiger charge is 2.19. The molecule has 0 saturated carbocycles. The fourth-order valence-corrected chi connectivity index (χ4v) is 2.21. The number of sulfonamides is 1. The molecule has 0 fully saturated rings. The lowest BCUT2D eigenvalue weighted by Gasteiger charge is -2.08. The van der Waals surface area contributed by atoms with E-state index in [0.29, 0.717) is 0 Å². The van der Waals surface area contributed by atoms with Gasteiger partial charge in [0.15, 0.2) is 0 Å². The van der Waals surface area contributed by atoms with E-state index in [1.54, 1.807) is 13.0 Å². The number of benzene rings is 1. The molecule has 0 aliphatic heterocycles. The predicted octanol–water partition coefficient (Wildman–Crippen LogP) is 0.195. The summed E-state index contributed by atoms with van der Waals surface area (Å²) in [5.41, 5.74) is 6.53. The first-order valence-corrected chi connectivity index (χ1v) is 5.96. The number of nitrogen functional groups attached to an aromatic ring is 1. The van der Waals surface area contributed by atoms with Crippen LogP contribution in [0.3, 0.4) is 0 Å². The van der Waals surface area contributed by atoms with Crippen LogP contribution in [0.4, 0.5) is 10.5 Å². The standard InChI is InChI=1S/C9H13N3O3S/c1-6-3-4-8(7(10)5-6)16(14,15)12-9(13)11-2/h3-5H,10H2,1-2H3,(H2,11,12,13). The summed E-state index contributed by atoms with van der Waals surface area (Å²) in [5.74, 6) is 0. The van der Waals surface area contributed by atoms with Gasteiger partial charge in [-0.15, -0.1) is 0 Å². The molecule has 0 atom stereocenters. The number of carbonyl (C=O) groups excluding carboxylic acids is 1. The Labute approximate surface area is 93.9 Å². The summed E-state index contributed by atoms with van der Waals surface area (Å²) < 4.78 is 25.2. The first-order valence-electron chi connectivity index (χ1n) is 4.47. The van der Waals surface area contributed by atoms with Crippen LogP contribution in [-0.4, -0.2) is 21.5 Å². The van der Waals surface area contributed by atoms with E-state index in [1.165, 1.54) is 19.2 Å². The van der Waals surface area contributed by atoms with Crippen LogP contribution >= 0.6 is 0 Å². The van der Waals surface area contributed by atoms with Gasteiger partial charge in [0.05, 0.1) is 5.69 Å². The van der Waals surface area contributed by atoms with Crippen molar-refractivity contribution in [3.05, 3.63) is 23.8 Å².